The van der Waals surface area contributed by atoms with E-state index in [9.17, 15) is 9.90 Å². The van der Waals surface area contributed by atoms with E-state index in [2.05, 4.69) is 10.3 Å². The Hall–Kier alpha value is -2.40. The molecule has 0 radical (unpaired) electrons. The first-order valence-corrected chi connectivity index (χ1v) is 6.80. The van der Waals surface area contributed by atoms with Crippen molar-refractivity contribution in [2.24, 2.45) is 0 Å². The maximum Gasteiger partial charge on any atom is 0.153 e. The molecular weight excluding hydrogens is 266 g/mol. The number of nitrogens with zero attached hydrogens (tertiary/aromatic N) is 1. The quantitative estimate of drug-likeness (QED) is 0.707. The van der Waals surface area contributed by atoms with E-state index in [0.717, 1.165) is 23.1 Å². The molecule has 0 unspecified atom stereocenters. The third-order valence-electron chi connectivity index (χ3n) is 3.04. The average Bonchev–Trinajstić information content (AvgIpc) is 2.44. The molecule has 0 aliphatic rings. The third-order valence-corrected chi connectivity index (χ3v) is 3.04. The molecule has 0 saturated carbocycles. The maximum atomic E-state index is 10.5. The number of nitrogens with one attached hydrogen (secondary N) is 1. The van der Waals surface area contributed by atoms with Crippen LogP contribution in [0, 0.1) is 0 Å². The molecule has 0 saturated heterocycles. The van der Waals surface area contributed by atoms with Gasteiger partial charge in [0.2, 0.25) is 0 Å². The summed E-state index contributed by atoms with van der Waals surface area (Å²) < 4.78 is 0. The van der Waals surface area contributed by atoms with Crippen LogP contribution in [0.5, 0.6) is 0 Å². The Morgan fingerprint density at radius 2 is 2.05 bits per heavy atom. The number of carbonyl (C=O) groups is 1. The van der Waals surface area contributed by atoms with E-state index in [1.165, 1.54) is 0 Å². The molecule has 5 heteroatoms. The van der Waals surface area contributed by atoms with Gasteiger partial charge in [-0.3, -0.25) is 0 Å². The van der Waals surface area contributed by atoms with E-state index in [1.807, 2.05) is 24.3 Å². The van der Waals surface area contributed by atoms with Crippen molar-refractivity contribution in [1.29, 1.82) is 0 Å². The van der Waals surface area contributed by atoms with Gasteiger partial charge in [-0.25, -0.2) is 4.98 Å². The lowest BCUT2D eigenvalue weighted by molar-refractivity contribution is -0.107. The van der Waals surface area contributed by atoms with Gasteiger partial charge in [-0.1, -0.05) is 12.1 Å². The van der Waals surface area contributed by atoms with Gasteiger partial charge in [0.1, 0.15) is 6.29 Å². The summed E-state index contributed by atoms with van der Waals surface area (Å²) in [4.78, 5) is 14.7. The van der Waals surface area contributed by atoms with E-state index >= 15 is 0 Å². The minimum Gasteiger partial charge on any atom is -0.396 e. The molecule has 2 aromatic rings. The summed E-state index contributed by atoms with van der Waals surface area (Å²) in [6, 6.07) is 9.47. The lowest BCUT2D eigenvalue weighted by Gasteiger charge is -2.10. The minimum atomic E-state index is -0.355. The molecule has 1 heterocycles. The molecule has 0 spiro atoms. The van der Waals surface area contributed by atoms with Crippen LogP contribution in [0.25, 0.3) is 0 Å². The first-order chi connectivity index (χ1) is 10.1. The van der Waals surface area contributed by atoms with Gasteiger partial charge in [-0.15, -0.1) is 0 Å². The summed E-state index contributed by atoms with van der Waals surface area (Å²) in [6.45, 7) is 1.76. The third kappa shape index (κ3) is 4.29. The minimum absolute atomic E-state index is 0.311. The number of anilines is 3. The number of pyridine rings is 1. The zero-order valence-electron chi connectivity index (χ0n) is 11.9. The largest absolute Gasteiger partial charge is 0.396 e. The van der Waals surface area contributed by atoms with Gasteiger partial charge in [0, 0.05) is 18.3 Å². The molecule has 0 amide bonds. The smallest absolute Gasteiger partial charge is 0.153 e. The Morgan fingerprint density at radius 1 is 1.33 bits per heavy atom. The maximum absolute atomic E-state index is 10.5. The SMILES string of the molecule is C[C@H](O)Cc1ccc(Nc2ncc(CC=O)cc2N)cc1. The van der Waals surface area contributed by atoms with E-state index in [4.69, 9.17) is 5.73 Å². The summed E-state index contributed by atoms with van der Waals surface area (Å²) in [5.41, 5.74) is 9.15. The lowest BCUT2D eigenvalue weighted by atomic mass is 10.1. The molecule has 4 N–H and O–H groups in total. The zero-order valence-corrected chi connectivity index (χ0v) is 11.9. The number of nitrogens with two attached hydrogens (primary N) is 1. The highest BCUT2D eigenvalue weighted by Gasteiger charge is 2.04. The average molecular weight is 285 g/mol. The van der Waals surface area contributed by atoms with Crippen LogP contribution in [-0.2, 0) is 17.6 Å². The second-order valence-corrected chi connectivity index (χ2v) is 5.03. The fourth-order valence-corrected chi connectivity index (χ4v) is 2.04. The first kappa shape index (κ1) is 15.0. The van der Waals surface area contributed by atoms with E-state index in [0.29, 0.717) is 24.3 Å². The summed E-state index contributed by atoms with van der Waals surface area (Å²) in [6.07, 6.45) is 3.04. The molecule has 0 aliphatic carbocycles. The Labute approximate surface area is 123 Å². The lowest BCUT2D eigenvalue weighted by Crippen LogP contribution is -2.04. The number of nitrogen functional groups attached to an aromatic ring is 1. The molecule has 0 bridgehead atoms. The summed E-state index contributed by atoms with van der Waals surface area (Å²) in [5.74, 6) is 0.563. The molecule has 1 atom stereocenters. The number of aldehydes is 1. The van der Waals surface area contributed by atoms with Gasteiger partial charge in [0.15, 0.2) is 5.82 Å². The number of benzene rings is 1. The van der Waals surface area contributed by atoms with Crippen molar-refractivity contribution < 1.29 is 9.90 Å². The van der Waals surface area contributed by atoms with Crippen LogP contribution < -0.4 is 11.1 Å². The topological polar surface area (TPSA) is 88.2 Å². The summed E-state index contributed by atoms with van der Waals surface area (Å²) >= 11 is 0. The van der Waals surface area contributed by atoms with Crippen LogP contribution in [0.2, 0.25) is 0 Å². The molecule has 1 aromatic heterocycles. The van der Waals surface area contributed by atoms with E-state index in [1.54, 1.807) is 19.2 Å². The predicted octanol–water partition coefficient (Wildman–Crippen LogP) is 2.07. The number of carbonyl (C=O) groups excluding carboxylic acids is 1. The first-order valence-electron chi connectivity index (χ1n) is 6.80. The Morgan fingerprint density at radius 3 is 2.62 bits per heavy atom. The van der Waals surface area contributed by atoms with Crippen molar-refractivity contribution in [3.05, 3.63) is 47.7 Å². The number of hydrogen-bond donors (Lipinski definition) is 3. The van der Waals surface area contributed by atoms with Crippen molar-refractivity contribution in [2.45, 2.75) is 25.9 Å². The van der Waals surface area contributed by atoms with Crippen LogP contribution in [0.15, 0.2) is 36.5 Å². The zero-order chi connectivity index (χ0) is 15.2. The van der Waals surface area contributed by atoms with Crippen molar-refractivity contribution in [3.63, 3.8) is 0 Å². The predicted molar refractivity (Wildman–Crippen MR) is 83.5 cm³/mol. The van der Waals surface area contributed by atoms with Crippen LogP contribution in [-0.4, -0.2) is 22.5 Å². The van der Waals surface area contributed by atoms with Crippen LogP contribution in [0.3, 0.4) is 0 Å². The van der Waals surface area contributed by atoms with Crippen LogP contribution >= 0.6 is 0 Å². The highest BCUT2D eigenvalue weighted by atomic mass is 16.3. The summed E-state index contributed by atoms with van der Waals surface area (Å²) in [5, 5.41) is 12.5. The number of aliphatic hydroxyl groups excluding tert-OH is 1. The normalized spacial score (nSPS) is 11.9. The van der Waals surface area contributed by atoms with Crippen LogP contribution in [0.4, 0.5) is 17.2 Å². The van der Waals surface area contributed by atoms with Gasteiger partial charge in [0.25, 0.3) is 0 Å². The molecule has 0 aliphatic heterocycles. The van der Waals surface area contributed by atoms with Gasteiger partial charge in [-0.05, 0) is 42.7 Å². The van der Waals surface area contributed by atoms with E-state index in [-0.39, 0.29) is 6.10 Å². The molecule has 2 rings (SSSR count). The van der Waals surface area contributed by atoms with Crippen molar-refractivity contribution in [2.75, 3.05) is 11.1 Å². The monoisotopic (exact) mass is 285 g/mol. The fourth-order valence-electron chi connectivity index (χ4n) is 2.04. The van der Waals surface area contributed by atoms with Gasteiger partial charge < -0.3 is 21.0 Å². The molecule has 0 fully saturated rings. The van der Waals surface area contributed by atoms with Crippen molar-refractivity contribution in [3.8, 4) is 0 Å². The molecule has 110 valence electrons. The Balaban J connectivity index is 2.09. The second-order valence-electron chi connectivity index (χ2n) is 5.03. The van der Waals surface area contributed by atoms with Gasteiger partial charge >= 0.3 is 0 Å². The molecule has 5 nitrogen and oxygen atoms in total. The number of hydrogen-bond acceptors (Lipinski definition) is 5. The van der Waals surface area contributed by atoms with Crippen molar-refractivity contribution >= 4 is 23.5 Å². The molecule has 1 aromatic carbocycles. The summed E-state index contributed by atoms with van der Waals surface area (Å²) in [7, 11) is 0. The number of aromatic nitrogens is 1. The second kappa shape index (κ2) is 6.85. The molecular formula is C16H19N3O2. The fraction of sp³-hybridized carbons (Fsp3) is 0.250. The molecule has 21 heavy (non-hydrogen) atoms. The van der Waals surface area contributed by atoms with Crippen molar-refractivity contribution in [1.82, 2.24) is 4.98 Å². The number of rotatable bonds is 6. The Bertz CT molecular complexity index is 609. The standard InChI is InChI=1S/C16H19N3O2/c1-11(21)8-12-2-4-14(5-3-12)19-16-15(17)9-13(6-7-20)10-18-16/h2-5,7,9-11,21H,6,8,17H2,1H3,(H,18,19)/t11-/m0/s1. The Kier molecular flexibility index (Phi) is 4.90. The number of aliphatic hydroxyl groups is 1. The van der Waals surface area contributed by atoms with E-state index < -0.39 is 0 Å². The highest BCUT2D eigenvalue weighted by molar-refractivity contribution is 5.70. The highest BCUT2D eigenvalue weighted by Crippen LogP contribution is 2.22. The van der Waals surface area contributed by atoms with Crippen LogP contribution in [0.1, 0.15) is 18.1 Å². The van der Waals surface area contributed by atoms with Gasteiger partial charge in [-0.2, -0.15) is 0 Å². The van der Waals surface area contributed by atoms with Gasteiger partial charge in [0.05, 0.1) is 11.8 Å².